The first kappa shape index (κ1) is 8.37. The Kier molecular flexibility index (Phi) is 2.27. The number of para-hydroxylation sites is 1. The number of benzene rings is 1. The van der Waals surface area contributed by atoms with Crippen molar-refractivity contribution in [3.05, 3.63) is 34.6 Å². The molecule has 1 unspecified atom stereocenters. The van der Waals surface area contributed by atoms with Gasteiger partial charge >= 0.3 is 0 Å². The van der Waals surface area contributed by atoms with E-state index >= 15 is 0 Å². The molecular formula is C8H5Cl2OP. The molecule has 12 heavy (non-hydrogen) atoms. The molecule has 0 aromatic heterocycles. The fourth-order valence-corrected chi connectivity index (χ4v) is 2.25. The topological polar surface area (TPSA) is 9.23 Å². The Balaban J connectivity index is 2.49. The van der Waals surface area contributed by atoms with Crippen molar-refractivity contribution in [2.24, 2.45) is 0 Å². The van der Waals surface area contributed by atoms with Crippen molar-refractivity contribution < 1.29 is 4.52 Å². The Hall–Kier alpha value is -0.230. The first-order chi connectivity index (χ1) is 5.77. The lowest BCUT2D eigenvalue weighted by atomic mass is 10.2. The van der Waals surface area contributed by atoms with Crippen LogP contribution in [-0.2, 0) is 0 Å². The van der Waals surface area contributed by atoms with E-state index < -0.39 is 7.50 Å². The zero-order valence-electron chi connectivity index (χ0n) is 6.00. The first-order valence-electron chi connectivity index (χ1n) is 3.37. The summed E-state index contributed by atoms with van der Waals surface area (Å²) in [5, 5.41) is 0. The Bertz CT molecular complexity index is 338. The van der Waals surface area contributed by atoms with Crippen molar-refractivity contribution in [3.8, 4) is 5.75 Å². The van der Waals surface area contributed by atoms with Gasteiger partial charge in [0, 0.05) is 5.56 Å². The summed E-state index contributed by atoms with van der Waals surface area (Å²) in [4.78, 5) is 0. The highest BCUT2D eigenvalue weighted by Crippen LogP contribution is 2.56. The second-order valence-corrected chi connectivity index (χ2v) is 5.09. The lowest BCUT2D eigenvalue weighted by Gasteiger charge is -2.17. The van der Waals surface area contributed by atoms with Crippen molar-refractivity contribution in [2.75, 3.05) is 0 Å². The van der Waals surface area contributed by atoms with E-state index in [4.69, 9.17) is 27.4 Å². The van der Waals surface area contributed by atoms with Crippen molar-refractivity contribution in [3.63, 3.8) is 0 Å². The van der Waals surface area contributed by atoms with E-state index in [1.165, 1.54) is 0 Å². The van der Waals surface area contributed by atoms with Gasteiger partial charge in [0.15, 0.2) is 0 Å². The smallest absolute Gasteiger partial charge is 0.226 e. The Labute approximate surface area is 81.6 Å². The molecule has 0 aliphatic carbocycles. The molecule has 1 aromatic carbocycles. The highest BCUT2D eigenvalue weighted by molar-refractivity contribution is 7.85. The van der Waals surface area contributed by atoms with Crippen molar-refractivity contribution >= 4 is 36.4 Å². The van der Waals surface area contributed by atoms with Gasteiger partial charge in [0.05, 0.1) is 4.77 Å². The minimum atomic E-state index is -1.14. The van der Waals surface area contributed by atoms with Crippen molar-refractivity contribution in [1.29, 1.82) is 0 Å². The number of halogens is 2. The first-order valence-corrected chi connectivity index (χ1v) is 5.92. The minimum absolute atomic E-state index is 0.588. The van der Waals surface area contributed by atoms with Crippen LogP contribution in [0.2, 0.25) is 0 Å². The van der Waals surface area contributed by atoms with Gasteiger partial charge in [-0.1, -0.05) is 29.8 Å². The van der Waals surface area contributed by atoms with E-state index in [0.717, 1.165) is 11.3 Å². The highest BCUT2D eigenvalue weighted by Gasteiger charge is 2.18. The Morgan fingerprint density at radius 3 is 2.83 bits per heavy atom. The lowest BCUT2D eigenvalue weighted by molar-refractivity contribution is 0.628. The predicted molar refractivity (Wildman–Crippen MR) is 53.7 cm³/mol. The van der Waals surface area contributed by atoms with Crippen LogP contribution in [0.1, 0.15) is 5.56 Å². The molecule has 0 spiro atoms. The molecule has 0 saturated carbocycles. The summed E-state index contributed by atoms with van der Waals surface area (Å²) in [5.74, 6) is 0.808. The fourth-order valence-electron chi connectivity index (χ4n) is 0.992. The van der Waals surface area contributed by atoms with Crippen LogP contribution in [0, 0.1) is 0 Å². The maximum absolute atomic E-state index is 5.84. The number of hydrogen-bond donors (Lipinski definition) is 0. The molecule has 0 bridgehead atoms. The van der Waals surface area contributed by atoms with Crippen LogP contribution in [-0.4, -0.2) is 0 Å². The van der Waals surface area contributed by atoms with Gasteiger partial charge in [0.25, 0.3) is 0 Å². The van der Waals surface area contributed by atoms with E-state index in [9.17, 15) is 0 Å². The van der Waals surface area contributed by atoms with Gasteiger partial charge in [-0.05, 0) is 23.4 Å². The summed E-state index contributed by atoms with van der Waals surface area (Å²) in [6.07, 6.45) is 1.85. The van der Waals surface area contributed by atoms with Gasteiger partial charge in [-0.3, -0.25) is 0 Å². The molecule has 1 aliphatic rings. The molecule has 0 fully saturated rings. The van der Waals surface area contributed by atoms with E-state index in [-0.39, 0.29) is 0 Å². The minimum Gasteiger partial charge on any atom is -0.452 e. The maximum Gasteiger partial charge on any atom is 0.226 e. The molecule has 1 aromatic rings. The van der Waals surface area contributed by atoms with Gasteiger partial charge in [0.1, 0.15) is 5.75 Å². The molecule has 0 saturated heterocycles. The number of fused-ring (bicyclic) bond motifs is 1. The lowest BCUT2D eigenvalue weighted by Crippen LogP contribution is -1.91. The average molecular weight is 219 g/mol. The number of rotatable bonds is 0. The molecule has 2 rings (SSSR count). The van der Waals surface area contributed by atoms with Crippen LogP contribution in [0.5, 0.6) is 5.75 Å². The van der Waals surface area contributed by atoms with Crippen LogP contribution < -0.4 is 4.52 Å². The SMILES string of the molecule is ClC1=Cc2ccccc2OP1Cl. The molecule has 0 amide bonds. The van der Waals surface area contributed by atoms with Gasteiger partial charge in [0.2, 0.25) is 7.50 Å². The van der Waals surface area contributed by atoms with E-state index in [1.54, 1.807) is 0 Å². The van der Waals surface area contributed by atoms with Crippen molar-refractivity contribution in [1.82, 2.24) is 0 Å². The van der Waals surface area contributed by atoms with Crippen LogP contribution in [0.4, 0.5) is 0 Å². The van der Waals surface area contributed by atoms with Crippen LogP contribution >= 0.6 is 30.3 Å². The largest absolute Gasteiger partial charge is 0.452 e. The van der Waals surface area contributed by atoms with E-state index in [1.807, 2.05) is 30.3 Å². The zero-order valence-corrected chi connectivity index (χ0v) is 8.40. The van der Waals surface area contributed by atoms with Gasteiger partial charge < -0.3 is 4.52 Å². The molecule has 1 heterocycles. The molecule has 0 N–H and O–H groups in total. The van der Waals surface area contributed by atoms with E-state index in [0.29, 0.717) is 4.77 Å². The second kappa shape index (κ2) is 3.26. The van der Waals surface area contributed by atoms with Gasteiger partial charge in [-0.15, -0.1) is 0 Å². The molecule has 62 valence electrons. The normalized spacial score (nSPS) is 20.8. The highest BCUT2D eigenvalue weighted by atomic mass is 35.7. The average Bonchev–Trinajstić information content (AvgIpc) is 2.07. The second-order valence-electron chi connectivity index (χ2n) is 2.34. The quantitative estimate of drug-likeness (QED) is 0.595. The molecule has 1 atom stereocenters. The third-order valence-electron chi connectivity index (χ3n) is 1.54. The number of hydrogen-bond acceptors (Lipinski definition) is 1. The zero-order chi connectivity index (χ0) is 8.55. The summed E-state index contributed by atoms with van der Waals surface area (Å²) >= 11 is 11.7. The van der Waals surface area contributed by atoms with E-state index in [2.05, 4.69) is 0 Å². The molecule has 1 nitrogen and oxygen atoms in total. The molecule has 0 radical (unpaired) electrons. The molecule has 4 heteroatoms. The Morgan fingerprint density at radius 2 is 2.00 bits per heavy atom. The molecule has 1 aliphatic heterocycles. The summed E-state index contributed by atoms with van der Waals surface area (Å²) in [5.41, 5.74) is 0.988. The summed E-state index contributed by atoms with van der Waals surface area (Å²) in [7, 11) is -1.14. The Morgan fingerprint density at radius 1 is 1.25 bits per heavy atom. The standard InChI is InChI=1S/C8H5Cl2OP/c9-8-5-6-3-1-2-4-7(6)11-12(8)10/h1-5H. The van der Waals surface area contributed by atoms with Crippen LogP contribution in [0.15, 0.2) is 29.0 Å². The summed E-state index contributed by atoms with van der Waals surface area (Å²) in [6.45, 7) is 0. The van der Waals surface area contributed by atoms with Crippen LogP contribution in [0.3, 0.4) is 0 Å². The summed E-state index contributed by atoms with van der Waals surface area (Å²) in [6, 6.07) is 7.67. The van der Waals surface area contributed by atoms with Gasteiger partial charge in [-0.2, -0.15) is 0 Å². The third kappa shape index (κ3) is 1.45. The third-order valence-corrected chi connectivity index (χ3v) is 3.94. The van der Waals surface area contributed by atoms with Crippen LogP contribution in [0.25, 0.3) is 6.08 Å². The monoisotopic (exact) mass is 218 g/mol. The predicted octanol–water partition coefficient (Wildman–Crippen LogP) is 4.17. The molecular weight excluding hydrogens is 214 g/mol. The maximum atomic E-state index is 5.84. The van der Waals surface area contributed by atoms with Crippen molar-refractivity contribution in [2.45, 2.75) is 0 Å². The van der Waals surface area contributed by atoms with Gasteiger partial charge in [-0.25, -0.2) is 0 Å². The summed E-state index contributed by atoms with van der Waals surface area (Å²) < 4.78 is 5.96. The fraction of sp³-hybridized carbons (Fsp3) is 0.